The molecule has 1 nitrogen and oxygen atoms in total. The van der Waals surface area contributed by atoms with Gasteiger partial charge in [-0.2, -0.15) is 0 Å². The first kappa shape index (κ1) is 36.7. The lowest BCUT2D eigenvalue weighted by Gasteiger charge is -2.07. The number of rotatable bonds is 32. The molecule has 37 heavy (non-hydrogen) atoms. The summed E-state index contributed by atoms with van der Waals surface area (Å²) in [7, 11) is 0. The molecule has 0 spiro atoms. The summed E-state index contributed by atoms with van der Waals surface area (Å²) in [6.07, 6.45) is 41.9. The molecule has 0 aromatic carbocycles. The maximum absolute atomic E-state index is 12.1. The zero-order valence-electron chi connectivity index (χ0n) is 26.4. The zero-order chi connectivity index (χ0) is 27.1. The van der Waals surface area contributed by atoms with Gasteiger partial charge in [0.05, 0.1) is 0 Å². The van der Waals surface area contributed by atoms with E-state index in [1.165, 1.54) is 173 Å². The quantitative estimate of drug-likeness (QED) is 0.0806. The van der Waals surface area contributed by atoms with E-state index in [4.69, 9.17) is 0 Å². The average Bonchev–Trinajstić information content (AvgIpc) is 2.90. The second-order valence-corrected chi connectivity index (χ2v) is 12.5. The molecule has 0 bridgehead atoms. The van der Waals surface area contributed by atoms with Crippen LogP contribution in [-0.2, 0) is 4.79 Å². The molecule has 0 saturated carbocycles. The minimum absolute atomic E-state index is 0.527. The van der Waals surface area contributed by atoms with Crippen LogP contribution < -0.4 is 0 Å². The lowest BCUT2D eigenvalue weighted by molar-refractivity contribution is -0.119. The van der Waals surface area contributed by atoms with Crippen LogP contribution in [0.1, 0.15) is 220 Å². The van der Waals surface area contributed by atoms with Gasteiger partial charge in [0.15, 0.2) is 0 Å². The molecule has 0 aliphatic heterocycles. The molecule has 1 unspecified atom stereocenters. The van der Waals surface area contributed by atoms with E-state index in [0.29, 0.717) is 5.78 Å². The Hall–Kier alpha value is -0.330. The van der Waals surface area contributed by atoms with Crippen molar-refractivity contribution in [2.24, 2.45) is 5.92 Å². The van der Waals surface area contributed by atoms with Gasteiger partial charge in [-0.15, -0.1) is 0 Å². The van der Waals surface area contributed by atoms with E-state index >= 15 is 0 Å². The third kappa shape index (κ3) is 31.8. The molecular formula is C36H72O. The first-order chi connectivity index (χ1) is 18.2. The Labute approximate surface area is 236 Å². The van der Waals surface area contributed by atoms with E-state index in [1.54, 1.807) is 0 Å². The summed E-state index contributed by atoms with van der Waals surface area (Å²) in [5, 5.41) is 0. The van der Waals surface area contributed by atoms with Crippen molar-refractivity contribution < 1.29 is 4.79 Å². The Kier molecular flexibility index (Phi) is 31.6. The highest BCUT2D eigenvalue weighted by atomic mass is 16.1. The molecule has 0 fully saturated rings. The molecule has 1 atom stereocenters. The summed E-state index contributed by atoms with van der Waals surface area (Å²) < 4.78 is 0. The molecule has 0 aliphatic rings. The number of Topliss-reactive ketones (excluding diaryl/α,β-unsaturated/α-hetero) is 1. The summed E-state index contributed by atoms with van der Waals surface area (Å²) in [6, 6.07) is 0. The smallest absolute Gasteiger partial charge is 0.132 e. The van der Waals surface area contributed by atoms with Gasteiger partial charge >= 0.3 is 0 Å². The van der Waals surface area contributed by atoms with Gasteiger partial charge in [0, 0.05) is 12.8 Å². The third-order valence-electron chi connectivity index (χ3n) is 8.66. The minimum Gasteiger partial charge on any atom is -0.300 e. The van der Waals surface area contributed by atoms with Crippen LogP contribution in [0.3, 0.4) is 0 Å². The fourth-order valence-electron chi connectivity index (χ4n) is 5.61. The highest BCUT2D eigenvalue weighted by Crippen LogP contribution is 2.17. The summed E-state index contributed by atoms with van der Waals surface area (Å²) in [4.78, 5) is 12.1. The predicted octanol–water partition coefficient (Wildman–Crippen LogP) is 13.3. The molecule has 0 aromatic rings. The van der Waals surface area contributed by atoms with Crippen molar-refractivity contribution in [3.63, 3.8) is 0 Å². The lowest BCUT2D eigenvalue weighted by atomic mass is 9.99. The highest BCUT2D eigenvalue weighted by Gasteiger charge is 2.02. The topological polar surface area (TPSA) is 17.1 Å². The fraction of sp³-hybridized carbons (Fsp3) is 0.972. The number of hydrogen-bond donors (Lipinski definition) is 0. The summed E-state index contributed by atoms with van der Waals surface area (Å²) in [5.41, 5.74) is 0. The van der Waals surface area contributed by atoms with Gasteiger partial charge in [-0.1, -0.05) is 194 Å². The number of hydrogen-bond acceptors (Lipinski definition) is 1. The van der Waals surface area contributed by atoms with Crippen molar-refractivity contribution in [3.05, 3.63) is 0 Å². The maximum Gasteiger partial charge on any atom is 0.132 e. The monoisotopic (exact) mass is 521 g/mol. The van der Waals surface area contributed by atoms with Crippen LogP contribution in [0.25, 0.3) is 0 Å². The normalized spacial score (nSPS) is 12.3. The number of unbranched alkanes of at least 4 members (excludes halogenated alkanes) is 25. The number of ketones is 1. The van der Waals surface area contributed by atoms with Gasteiger partial charge in [0.2, 0.25) is 0 Å². The first-order valence-electron chi connectivity index (χ1n) is 17.7. The van der Waals surface area contributed by atoms with Crippen LogP contribution in [0.5, 0.6) is 0 Å². The van der Waals surface area contributed by atoms with Crippen molar-refractivity contribution in [2.45, 2.75) is 220 Å². The van der Waals surface area contributed by atoms with Gasteiger partial charge in [-0.25, -0.2) is 0 Å². The van der Waals surface area contributed by atoms with Crippen molar-refractivity contribution in [1.29, 1.82) is 0 Å². The summed E-state index contributed by atoms with van der Waals surface area (Å²) >= 11 is 0. The zero-order valence-corrected chi connectivity index (χ0v) is 26.4. The lowest BCUT2D eigenvalue weighted by Crippen LogP contribution is -1.97. The first-order valence-corrected chi connectivity index (χ1v) is 17.7. The highest BCUT2D eigenvalue weighted by molar-refractivity contribution is 5.78. The van der Waals surface area contributed by atoms with Gasteiger partial charge in [-0.3, -0.25) is 4.79 Å². The molecule has 0 rings (SSSR count). The van der Waals surface area contributed by atoms with E-state index in [-0.39, 0.29) is 0 Å². The third-order valence-corrected chi connectivity index (χ3v) is 8.66. The molecule has 222 valence electrons. The van der Waals surface area contributed by atoms with E-state index in [2.05, 4.69) is 20.8 Å². The van der Waals surface area contributed by atoms with Crippen LogP contribution in [0.15, 0.2) is 0 Å². The molecule has 0 amide bonds. The van der Waals surface area contributed by atoms with Crippen molar-refractivity contribution >= 4 is 5.78 Å². The number of carbonyl (C=O) groups is 1. The second-order valence-electron chi connectivity index (χ2n) is 12.5. The average molecular weight is 521 g/mol. The molecule has 0 aromatic heterocycles. The summed E-state index contributed by atoms with van der Waals surface area (Å²) in [6.45, 7) is 7.00. The molecule has 0 aliphatic carbocycles. The van der Waals surface area contributed by atoms with Crippen LogP contribution in [0.2, 0.25) is 0 Å². The van der Waals surface area contributed by atoms with Gasteiger partial charge < -0.3 is 0 Å². The van der Waals surface area contributed by atoms with Gasteiger partial charge in [0.25, 0.3) is 0 Å². The van der Waals surface area contributed by atoms with Crippen molar-refractivity contribution in [1.82, 2.24) is 0 Å². The second kappa shape index (κ2) is 31.9. The van der Waals surface area contributed by atoms with E-state index < -0.39 is 0 Å². The predicted molar refractivity (Wildman–Crippen MR) is 169 cm³/mol. The van der Waals surface area contributed by atoms with Gasteiger partial charge in [-0.05, 0) is 18.8 Å². The Morgan fingerprint density at radius 2 is 0.676 bits per heavy atom. The molecule has 0 heterocycles. The number of carbonyl (C=O) groups excluding carboxylic acids is 1. The van der Waals surface area contributed by atoms with Crippen molar-refractivity contribution in [3.8, 4) is 0 Å². The van der Waals surface area contributed by atoms with Crippen LogP contribution in [-0.4, -0.2) is 5.78 Å². The maximum atomic E-state index is 12.1. The van der Waals surface area contributed by atoms with Crippen LogP contribution in [0, 0.1) is 5.92 Å². The Morgan fingerprint density at radius 3 is 0.973 bits per heavy atom. The van der Waals surface area contributed by atoms with Gasteiger partial charge in [0.1, 0.15) is 5.78 Å². The molecule has 0 N–H and O–H groups in total. The molecule has 0 radical (unpaired) electrons. The summed E-state index contributed by atoms with van der Waals surface area (Å²) in [5.74, 6) is 1.46. The molecule has 0 saturated heterocycles. The standard InChI is InChI=1S/C36H72O/c1-4-6-7-8-9-10-11-12-15-18-21-24-27-30-33-36(37)34-31-28-25-22-19-16-13-14-17-20-23-26-29-32-35(3)5-2/h35H,4-34H2,1-3H3. The fourth-order valence-corrected chi connectivity index (χ4v) is 5.61. The van der Waals surface area contributed by atoms with E-state index in [1.807, 2.05) is 0 Å². The van der Waals surface area contributed by atoms with Crippen LogP contribution in [0.4, 0.5) is 0 Å². The minimum atomic E-state index is 0.527. The molecular weight excluding hydrogens is 448 g/mol. The van der Waals surface area contributed by atoms with E-state index in [0.717, 1.165) is 31.6 Å². The van der Waals surface area contributed by atoms with Crippen molar-refractivity contribution in [2.75, 3.05) is 0 Å². The Morgan fingerprint density at radius 1 is 0.405 bits per heavy atom. The Bertz CT molecular complexity index is 428. The van der Waals surface area contributed by atoms with Crippen LogP contribution >= 0.6 is 0 Å². The SMILES string of the molecule is CCCCCCCCCCCCCCCCC(=O)CCCCCCCCCCCCCCCC(C)CC. The molecule has 1 heteroatoms. The largest absolute Gasteiger partial charge is 0.300 e. The van der Waals surface area contributed by atoms with E-state index in [9.17, 15) is 4.79 Å². The Balaban J connectivity index is 3.16.